The first kappa shape index (κ1) is 26.0. The third kappa shape index (κ3) is 4.97. The van der Waals surface area contributed by atoms with Crippen LogP contribution in [-0.2, 0) is 19.7 Å². The van der Waals surface area contributed by atoms with Gasteiger partial charge in [-0.15, -0.1) is 0 Å². The second-order valence-corrected chi connectivity index (χ2v) is 10.7. The van der Waals surface area contributed by atoms with Gasteiger partial charge in [0.25, 0.3) is 5.78 Å². The number of aliphatic hydroxyl groups excluding tert-OH is 1. The molecule has 0 aliphatic carbocycles. The SMILES string of the molecule is C=CCOC(=O)c1sc(N2C(=O)C(=O)/C(=C(/O)c3ccccc3)C2c2ccc(C(C)(C)C)cc2)nc1C. The van der Waals surface area contributed by atoms with Gasteiger partial charge in [-0.2, -0.15) is 0 Å². The average Bonchev–Trinajstić information content (AvgIpc) is 3.39. The molecule has 1 aliphatic heterocycles. The average molecular weight is 517 g/mol. The minimum absolute atomic E-state index is 0.0349. The number of amides is 1. The lowest BCUT2D eigenvalue weighted by atomic mass is 9.85. The van der Waals surface area contributed by atoms with E-state index in [0.29, 0.717) is 16.8 Å². The number of hydrogen-bond donors (Lipinski definition) is 1. The molecular formula is C29H28N2O5S. The number of benzene rings is 2. The lowest BCUT2D eigenvalue weighted by molar-refractivity contribution is -0.132. The third-order valence-electron chi connectivity index (χ3n) is 6.09. The first-order valence-corrected chi connectivity index (χ1v) is 12.6. The van der Waals surface area contributed by atoms with Gasteiger partial charge >= 0.3 is 11.9 Å². The second-order valence-electron chi connectivity index (χ2n) is 9.71. The topological polar surface area (TPSA) is 96.8 Å². The van der Waals surface area contributed by atoms with E-state index in [4.69, 9.17) is 4.74 Å². The van der Waals surface area contributed by atoms with Crippen LogP contribution in [0.3, 0.4) is 0 Å². The summed E-state index contributed by atoms with van der Waals surface area (Å²) in [5.41, 5.74) is 2.37. The van der Waals surface area contributed by atoms with E-state index in [1.54, 1.807) is 37.3 Å². The van der Waals surface area contributed by atoms with Gasteiger partial charge in [0.05, 0.1) is 17.3 Å². The number of aromatic nitrogens is 1. The molecule has 1 atom stereocenters. The molecule has 0 radical (unpaired) electrons. The standard InChI is InChI=1S/C29H28N2O5S/c1-6-16-36-27(35)25-17(2)30-28(37-25)31-22(18-12-14-20(15-13-18)29(3,4)5)21(24(33)26(31)34)23(32)19-10-8-7-9-11-19/h6-15,22,32H,1,16H2,2-5H3/b23-21+. The Morgan fingerprint density at radius 2 is 1.78 bits per heavy atom. The van der Waals surface area contributed by atoms with Gasteiger partial charge in [0.2, 0.25) is 0 Å². The number of hydrogen-bond acceptors (Lipinski definition) is 7. The summed E-state index contributed by atoms with van der Waals surface area (Å²) in [6.07, 6.45) is 1.46. The van der Waals surface area contributed by atoms with Crippen molar-refractivity contribution in [3.05, 3.63) is 100 Å². The van der Waals surface area contributed by atoms with E-state index in [1.165, 1.54) is 11.0 Å². The maximum Gasteiger partial charge on any atom is 0.350 e. The Labute approximate surface area is 219 Å². The highest BCUT2D eigenvalue weighted by atomic mass is 32.1. The molecule has 190 valence electrons. The molecule has 0 bridgehead atoms. The van der Waals surface area contributed by atoms with Gasteiger partial charge in [0.1, 0.15) is 17.2 Å². The normalized spacial score (nSPS) is 17.2. The van der Waals surface area contributed by atoms with Gasteiger partial charge in [-0.3, -0.25) is 14.5 Å². The van der Waals surface area contributed by atoms with Gasteiger partial charge in [-0.25, -0.2) is 9.78 Å². The van der Waals surface area contributed by atoms with E-state index < -0.39 is 23.7 Å². The molecule has 1 N–H and O–H groups in total. The summed E-state index contributed by atoms with van der Waals surface area (Å²) in [5, 5.41) is 11.4. The van der Waals surface area contributed by atoms with Gasteiger partial charge < -0.3 is 9.84 Å². The first-order chi connectivity index (χ1) is 17.5. The molecule has 1 amide bonds. The molecule has 1 unspecified atom stereocenters. The molecule has 1 fully saturated rings. The van der Waals surface area contributed by atoms with Crippen LogP contribution in [0, 0.1) is 6.92 Å². The maximum absolute atomic E-state index is 13.4. The number of ether oxygens (including phenoxy) is 1. The zero-order valence-corrected chi connectivity index (χ0v) is 22.0. The van der Waals surface area contributed by atoms with Crippen molar-refractivity contribution < 1.29 is 24.2 Å². The van der Waals surface area contributed by atoms with Crippen molar-refractivity contribution in [2.75, 3.05) is 11.5 Å². The van der Waals surface area contributed by atoms with Crippen molar-refractivity contribution >= 4 is 39.9 Å². The molecule has 0 spiro atoms. The van der Waals surface area contributed by atoms with Gasteiger partial charge in [0.15, 0.2) is 5.13 Å². The van der Waals surface area contributed by atoms with Crippen LogP contribution in [0.1, 0.15) is 58.9 Å². The summed E-state index contributed by atoms with van der Waals surface area (Å²) < 4.78 is 5.15. The number of nitrogens with zero attached hydrogens (tertiary/aromatic N) is 2. The predicted octanol–water partition coefficient (Wildman–Crippen LogP) is 5.72. The fourth-order valence-electron chi connectivity index (χ4n) is 4.14. The van der Waals surface area contributed by atoms with E-state index in [9.17, 15) is 19.5 Å². The number of Topliss-reactive ketones (excluding diaryl/α,β-unsaturated/α-hetero) is 1. The Morgan fingerprint density at radius 3 is 2.38 bits per heavy atom. The number of ketones is 1. The quantitative estimate of drug-likeness (QED) is 0.148. The van der Waals surface area contributed by atoms with Crippen LogP contribution >= 0.6 is 11.3 Å². The fraction of sp³-hybridized carbons (Fsp3) is 0.241. The Kier molecular flexibility index (Phi) is 7.14. The van der Waals surface area contributed by atoms with E-state index in [0.717, 1.165) is 16.9 Å². The molecule has 4 rings (SSSR count). The van der Waals surface area contributed by atoms with Crippen molar-refractivity contribution in [2.45, 2.75) is 39.2 Å². The lowest BCUT2D eigenvalue weighted by Gasteiger charge is -2.24. The van der Waals surface area contributed by atoms with Crippen LogP contribution in [0.2, 0.25) is 0 Å². The fourth-order valence-corrected chi connectivity index (χ4v) is 5.12. The monoisotopic (exact) mass is 516 g/mol. The molecule has 8 heteroatoms. The molecular weight excluding hydrogens is 488 g/mol. The summed E-state index contributed by atoms with van der Waals surface area (Å²) in [7, 11) is 0. The zero-order valence-electron chi connectivity index (χ0n) is 21.1. The summed E-state index contributed by atoms with van der Waals surface area (Å²) in [6.45, 7) is 11.5. The van der Waals surface area contributed by atoms with E-state index in [1.807, 2.05) is 24.3 Å². The largest absolute Gasteiger partial charge is 0.507 e. The number of aryl methyl sites for hydroxylation is 1. The molecule has 7 nitrogen and oxygen atoms in total. The van der Waals surface area contributed by atoms with Crippen LogP contribution in [-0.4, -0.2) is 34.4 Å². The number of thiazole rings is 1. The van der Waals surface area contributed by atoms with E-state index in [2.05, 4.69) is 32.3 Å². The predicted molar refractivity (Wildman–Crippen MR) is 144 cm³/mol. The minimum Gasteiger partial charge on any atom is -0.507 e. The zero-order chi connectivity index (χ0) is 26.9. The summed E-state index contributed by atoms with van der Waals surface area (Å²) in [5.74, 6) is -2.52. The highest BCUT2D eigenvalue weighted by Crippen LogP contribution is 2.44. The van der Waals surface area contributed by atoms with E-state index in [-0.39, 0.29) is 33.4 Å². The molecule has 2 heterocycles. The van der Waals surface area contributed by atoms with E-state index >= 15 is 0 Å². The smallest absolute Gasteiger partial charge is 0.350 e. The van der Waals surface area contributed by atoms with Gasteiger partial charge in [0, 0.05) is 5.56 Å². The number of carbonyl (C=O) groups excluding carboxylic acids is 3. The number of carbonyl (C=O) groups is 3. The van der Waals surface area contributed by atoms with Crippen LogP contribution in [0.15, 0.2) is 72.8 Å². The van der Waals surface area contributed by atoms with Gasteiger partial charge in [-0.05, 0) is 23.5 Å². The minimum atomic E-state index is -0.933. The van der Waals surface area contributed by atoms with Crippen molar-refractivity contribution in [1.29, 1.82) is 0 Å². The molecule has 1 saturated heterocycles. The van der Waals surface area contributed by atoms with Gasteiger partial charge in [-0.1, -0.05) is 99.4 Å². The highest BCUT2D eigenvalue weighted by molar-refractivity contribution is 7.17. The Hall–Kier alpha value is -4.04. The Morgan fingerprint density at radius 1 is 1.14 bits per heavy atom. The van der Waals surface area contributed by atoms with Crippen LogP contribution in [0.4, 0.5) is 5.13 Å². The molecule has 1 aromatic heterocycles. The third-order valence-corrected chi connectivity index (χ3v) is 7.23. The number of anilines is 1. The maximum atomic E-state index is 13.4. The molecule has 2 aromatic carbocycles. The van der Waals surface area contributed by atoms with Crippen LogP contribution in [0.25, 0.3) is 5.76 Å². The van der Waals surface area contributed by atoms with Crippen molar-refractivity contribution in [3.63, 3.8) is 0 Å². The molecule has 1 aliphatic rings. The van der Waals surface area contributed by atoms with Crippen LogP contribution < -0.4 is 4.90 Å². The highest BCUT2D eigenvalue weighted by Gasteiger charge is 2.48. The number of aliphatic hydroxyl groups is 1. The molecule has 37 heavy (non-hydrogen) atoms. The number of rotatable bonds is 6. The summed E-state index contributed by atoms with van der Waals surface area (Å²) >= 11 is 0.965. The van der Waals surface area contributed by atoms with Crippen molar-refractivity contribution in [2.24, 2.45) is 0 Å². The molecule has 0 saturated carbocycles. The number of esters is 1. The lowest BCUT2D eigenvalue weighted by Crippen LogP contribution is -2.29. The summed E-state index contributed by atoms with van der Waals surface area (Å²) in [4.78, 5) is 45.2. The molecule has 3 aromatic rings. The van der Waals surface area contributed by atoms with Crippen LogP contribution in [0.5, 0.6) is 0 Å². The van der Waals surface area contributed by atoms with Crippen molar-refractivity contribution in [3.8, 4) is 0 Å². The van der Waals surface area contributed by atoms with Crippen molar-refractivity contribution in [1.82, 2.24) is 4.98 Å². The first-order valence-electron chi connectivity index (χ1n) is 11.8. The summed E-state index contributed by atoms with van der Waals surface area (Å²) in [6, 6.07) is 15.3. The Balaban J connectivity index is 1.88. The second kappa shape index (κ2) is 10.1. The Bertz CT molecular complexity index is 1400.